The number of carbonyl (C=O) groups is 1. The van der Waals surface area contributed by atoms with Gasteiger partial charge in [0.2, 0.25) is 0 Å². The topological polar surface area (TPSA) is 61.7 Å². The van der Waals surface area contributed by atoms with Crippen molar-refractivity contribution in [3.63, 3.8) is 0 Å². The Bertz CT molecular complexity index is 516. The van der Waals surface area contributed by atoms with Crippen molar-refractivity contribution in [1.82, 2.24) is 5.32 Å². The lowest BCUT2D eigenvalue weighted by Gasteiger charge is -2.20. The van der Waals surface area contributed by atoms with Gasteiger partial charge in [-0.05, 0) is 38.3 Å². The van der Waals surface area contributed by atoms with Gasteiger partial charge in [0.05, 0.1) is 17.5 Å². The molecule has 1 aliphatic carbocycles. The Kier molecular flexibility index (Phi) is 4.37. The fourth-order valence-electron chi connectivity index (χ4n) is 2.18. The summed E-state index contributed by atoms with van der Waals surface area (Å²) in [5, 5.41) is 11.9. The number of nitrogens with zero attached hydrogens (tertiary/aromatic N) is 1. The molecular weight excluding hydrogens is 259 g/mol. The first kappa shape index (κ1) is 14.5. The van der Waals surface area contributed by atoms with Crippen LogP contribution in [0.4, 0.5) is 4.39 Å². The van der Waals surface area contributed by atoms with Gasteiger partial charge in [-0.2, -0.15) is 0 Å². The second-order valence-corrected chi connectivity index (χ2v) is 5.26. The average molecular weight is 278 g/mol. The first-order valence-corrected chi connectivity index (χ1v) is 6.79. The van der Waals surface area contributed by atoms with Crippen molar-refractivity contribution < 1.29 is 14.3 Å². The van der Waals surface area contributed by atoms with Crippen LogP contribution >= 0.6 is 0 Å². The highest BCUT2D eigenvalue weighted by atomic mass is 19.1. The molecule has 0 aromatic rings. The van der Waals surface area contributed by atoms with E-state index in [1.165, 1.54) is 13.0 Å². The van der Waals surface area contributed by atoms with Crippen molar-refractivity contribution in [2.24, 2.45) is 4.99 Å². The third kappa shape index (κ3) is 3.56. The highest BCUT2D eigenvalue weighted by Crippen LogP contribution is 2.23. The zero-order chi connectivity index (χ0) is 14.6. The van der Waals surface area contributed by atoms with E-state index in [1.807, 2.05) is 0 Å². The van der Waals surface area contributed by atoms with Gasteiger partial charge in [0.25, 0.3) is 5.91 Å². The van der Waals surface area contributed by atoms with Crippen molar-refractivity contribution >= 4 is 11.6 Å². The molecule has 1 atom stereocenters. The molecule has 0 fully saturated rings. The molecule has 0 bridgehead atoms. The summed E-state index contributed by atoms with van der Waals surface area (Å²) < 4.78 is 13.6. The average Bonchev–Trinajstić information content (AvgIpc) is 2.43. The van der Waals surface area contributed by atoms with Crippen LogP contribution in [-0.4, -0.2) is 28.9 Å². The highest BCUT2D eigenvalue weighted by Gasteiger charge is 2.23. The first-order chi connectivity index (χ1) is 9.52. The van der Waals surface area contributed by atoms with Gasteiger partial charge in [-0.1, -0.05) is 6.08 Å². The lowest BCUT2D eigenvalue weighted by atomic mass is 9.98. The highest BCUT2D eigenvalue weighted by molar-refractivity contribution is 6.21. The summed E-state index contributed by atoms with van der Waals surface area (Å²) in [6.07, 6.45) is 8.28. The van der Waals surface area contributed by atoms with E-state index in [0.717, 1.165) is 19.1 Å². The predicted octanol–water partition coefficient (Wildman–Crippen LogP) is 2.74. The number of hydrogen-bond acceptors (Lipinski definition) is 3. The van der Waals surface area contributed by atoms with Crippen LogP contribution in [0.1, 0.15) is 32.6 Å². The second-order valence-electron chi connectivity index (χ2n) is 5.26. The molecule has 0 saturated heterocycles. The number of alkyl halides is 1. The predicted molar refractivity (Wildman–Crippen MR) is 76.4 cm³/mol. The maximum atomic E-state index is 13.6. The normalized spacial score (nSPS) is 26.8. The van der Waals surface area contributed by atoms with E-state index < -0.39 is 11.6 Å². The van der Waals surface area contributed by atoms with Crippen LogP contribution in [0.15, 0.2) is 40.8 Å². The van der Waals surface area contributed by atoms with Gasteiger partial charge in [0, 0.05) is 18.7 Å². The number of aliphatic hydroxyl groups is 1. The number of amides is 1. The molecule has 2 aliphatic rings. The third-order valence-electron chi connectivity index (χ3n) is 3.40. The molecule has 2 N–H and O–H groups in total. The third-order valence-corrected chi connectivity index (χ3v) is 3.40. The van der Waals surface area contributed by atoms with E-state index in [9.17, 15) is 14.3 Å². The smallest absolute Gasteiger partial charge is 0.260 e. The summed E-state index contributed by atoms with van der Waals surface area (Å²) in [5.74, 6) is -0.411. The van der Waals surface area contributed by atoms with Crippen LogP contribution in [0.25, 0.3) is 0 Å². The quantitative estimate of drug-likeness (QED) is 0.616. The van der Waals surface area contributed by atoms with Crippen LogP contribution in [0.3, 0.4) is 0 Å². The van der Waals surface area contributed by atoms with Gasteiger partial charge in [0.1, 0.15) is 5.67 Å². The number of rotatable bonds is 3. The monoisotopic (exact) mass is 278 g/mol. The maximum absolute atomic E-state index is 13.6. The molecule has 0 aromatic carbocycles. The van der Waals surface area contributed by atoms with E-state index in [1.54, 1.807) is 12.2 Å². The molecule has 0 aromatic heterocycles. The minimum atomic E-state index is -1.36. The van der Waals surface area contributed by atoms with Gasteiger partial charge in [-0.15, -0.1) is 0 Å². The summed E-state index contributed by atoms with van der Waals surface area (Å²) in [6.45, 7) is 2.16. The summed E-state index contributed by atoms with van der Waals surface area (Å²) in [6, 6.07) is 0. The fraction of sp³-hybridized carbons (Fsp3) is 0.467. The van der Waals surface area contributed by atoms with Gasteiger partial charge < -0.3 is 10.4 Å². The molecule has 5 heteroatoms. The molecule has 1 amide bonds. The molecule has 20 heavy (non-hydrogen) atoms. The molecule has 1 heterocycles. The van der Waals surface area contributed by atoms with Crippen LogP contribution < -0.4 is 5.32 Å². The van der Waals surface area contributed by atoms with Gasteiger partial charge in [-0.3, -0.25) is 9.79 Å². The fourth-order valence-corrected chi connectivity index (χ4v) is 2.18. The Hall–Kier alpha value is -1.91. The van der Waals surface area contributed by atoms with Gasteiger partial charge in [0.15, 0.2) is 0 Å². The number of carbonyl (C=O) groups excluding carboxylic acids is 1. The van der Waals surface area contributed by atoms with E-state index in [4.69, 9.17) is 0 Å². The number of halogens is 1. The van der Waals surface area contributed by atoms with E-state index in [2.05, 4.69) is 10.3 Å². The zero-order valence-corrected chi connectivity index (χ0v) is 11.5. The Morgan fingerprint density at radius 1 is 1.55 bits per heavy atom. The van der Waals surface area contributed by atoms with Crippen LogP contribution in [-0.2, 0) is 4.79 Å². The molecule has 108 valence electrons. The van der Waals surface area contributed by atoms with Crippen LogP contribution in [0, 0.1) is 0 Å². The molecule has 4 nitrogen and oxygen atoms in total. The Balaban J connectivity index is 2.03. The van der Waals surface area contributed by atoms with Crippen molar-refractivity contribution in [3.05, 3.63) is 35.8 Å². The largest absolute Gasteiger partial charge is 0.515 e. The first-order valence-electron chi connectivity index (χ1n) is 6.79. The van der Waals surface area contributed by atoms with Crippen molar-refractivity contribution in [3.8, 4) is 0 Å². The van der Waals surface area contributed by atoms with Crippen molar-refractivity contribution in [2.75, 3.05) is 6.54 Å². The Morgan fingerprint density at radius 3 is 2.90 bits per heavy atom. The number of allylic oxidation sites excluding steroid dienone is 3. The second kappa shape index (κ2) is 6.03. The zero-order valence-electron chi connectivity index (χ0n) is 11.5. The molecule has 0 radical (unpaired) electrons. The standard InChI is InChI=1S/C15H19FN2O2/c1-15(16)7-5-11(6-8-15)18-14(20)12(10-19)13-4-2-3-9-17-13/h5-7,10,19H,2-4,8-9H2,1H3,(H,18,20). The molecule has 1 unspecified atom stereocenters. The minimum Gasteiger partial charge on any atom is -0.515 e. The van der Waals surface area contributed by atoms with Crippen LogP contribution in [0.5, 0.6) is 0 Å². The molecule has 1 aliphatic heterocycles. The number of hydrogen-bond donors (Lipinski definition) is 2. The lowest BCUT2D eigenvalue weighted by molar-refractivity contribution is -0.116. The molecule has 2 rings (SSSR count). The number of aliphatic hydroxyl groups excluding tert-OH is 1. The lowest BCUT2D eigenvalue weighted by Crippen LogP contribution is -2.30. The molecule has 0 saturated carbocycles. The summed E-state index contributed by atoms with van der Waals surface area (Å²) in [7, 11) is 0. The maximum Gasteiger partial charge on any atom is 0.260 e. The Labute approximate surface area is 117 Å². The SMILES string of the molecule is CC1(F)C=CC(NC(=O)C(=CO)C2=NCCCC2)=CC1. The number of nitrogens with one attached hydrogen (secondary N) is 1. The molecule has 0 spiro atoms. The molecular formula is C15H19FN2O2. The van der Waals surface area contributed by atoms with E-state index in [0.29, 0.717) is 24.4 Å². The van der Waals surface area contributed by atoms with Gasteiger partial charge in [-0.25, -0.2) is 4.39 Å². The summed E-state index contributed by atoms with van der Waals surface area (Å²) >= 11 is 0. The van der Waals surface area contributed by atoms with E-state index >= 15 is 0 Å². The van der Waals surface area contributed by atoms with Crippen molar-refractivity contribution in [2.45, 2.75) is 38.3 Å². The van der Waals surface area contributed by atoms with Crippen molar-refractivity contribution in [1.29, 1.82) is 0 Å². The Morgan fingerprint density at radius 2 is 2.35 bits per heavy atom. The summed E-state index contributed by atoms with van der Waals surface area (Å²) in [5.41, 5.74) is -0.00225. The minimum absolute atomic E-state index is 0.188. The number of aliphatic imine (C=N–C) groups is 1. The van der Waals surface area contributed by atoms with Crippen LogP contribution in [0.2, 0.25) is 0 Å². The van der Waals surface area contributed by atoms with Gasteiger partial charge >= 0.3 is 0 Å². The summed E-state index contributed by atoms with van der Waals surface area (Å²) in [4.78, 5) is 16.4. The van der Waals surface area contributed by atoms with E-state index in [-0.39, 0.29) is 12.0 Å².